The Morgan fingerprint density at radius 3 is 2.09 bits per heavy atom. The van der Waals surface area contributed by atoms with Gasteiger partial charge in [-0.2, -0.15) is 0 Å². The van der Waals surface area contributed by atoms with Crippen LogP contribution in [-0.2, 0) is 0 Å². The third kappa shape index (κ3) is 4.30. The lowest BCUT2D eigenvalue weighted by Gasteiger charge is -2.11. The van der Waals surface area contributed by atoms with E-state index in [0.29, 0.717) is 55.5 Å². The molecule has 0 aliphatic heterocycles. The van der Waals surface area contributed by atoms with Crippen LogP contribution in [-0.4, -0.2) is 20.2 Å². The highest BCUT2D eigenvalue weighted by molar-refractivity contribution is 6.30. The molecule has 4 rings (SSSR count). The third-order valence-electron chi connectivity index (χ3n) is 5.33. The first kappa shape index (κ1) is 22.4. The van der Waals surface area contributed by atoms with Crippen molar-refractivity contribution in [2.45, 2.75) is 13.8 Å². The number of furan rings is 1. The van der Waals surface area contributed by atoms with Crippen molar-refractivity contribution in [1.82, 2.24) is 0 Å². The number of ether oxygens (including phenoxy) is 3. The van der Waals surface area contributed by atoms with Gasteiger partial charge in [0.15, 0.2) is 16.9 Å². The summed E-state index contributed by atoms with van der Waals surface area (Å²) in [7, 11) is 3.02. The van der Waals surface area contributed by atoms with Crippen molar-refractivity contribution in [3.05, 3.63) is 86.9 Å². The Kier molecular flexibility index (Phi) is 6.11. The second-order valence-electron chi connectivity index (χ2n) is 7.40. The smallest absolute Gasteiger partial charge is 0.343 e. The molecule has 7 heteroatoms. The van der Waals surface area contributed by atoms with Crippen molar-refractivity contribution in [3.8, 4) is 28.4 Å². The first-order valence-corrected chi connectivity index (χ1v) is 10.5. The van der Waals surface area contributed by atoms with Gasteiger partial charge >= 0.3 is 5.97 Å². The highest BCUT2D eigenvalue weighted by Crippen LogP contribution is 2.36. The molecule has 0 radical (unpaired) electrons. The molecule has 4 aromatic rings. The fourth-order valence-corrected chi connectivity index (χ4v) is 3.88. The second-order valence-corrected chi connectivity index (χ2v) is 7.84. The number of aryl methyl sites for hydroxylation is 2. The number of carbonyl (C=O) groups is 1. The lowest BCUT2D eigenvalue weighted by Crippen LogP contribution is -2.09. The topological polar surface area (TPSA) is 75.0 Å². The molecule has 0 spiro atoms. The Morgan fingerprint density at radius 2 is 1.42 bits per heavy atom. The minimum absolute atomic E-state index is 0.185. The van der Waals surface area contributed by atoms with Gasteiger partial charge in [0.1, 0.15) is 17.3 Å². The number of carbonyl (C=O) groups excluding carboxylic acids is 1. The van der Waals surface area contributed by atoms with Crippen molar-refractivity contribution in [3.63, 3.8) is 0 Å². The van der Waals surface area contributed by atoms with E-state index in [0.717, 1.165) is 0 Å². The van der Waals surface area contributed by atoms with Crippen LogP contribution in [0, 0.1) is 13.8 Å². The Balaban J connectivity index is 1.77. The van der Waals surface area contributed by atoms with E-state index in [4.69, 9.17) is 30.2 Å². The number of esters is 1. The summed E-state index contributed by atoms with van der Waals surface area (Å²) in [6, 6.07) is 14.8. The molecular formula is C26H21ClO6. The van der Waals surface area contributed by atoms with Gasteiger partial charge in [-0.05, 0) is 73.5 Å². The minimum atomic E-state index is -0.541. The Morgan fingerprint density at radius 1 is 0.788 bits per heavy atom. The first-order valence-electron chi connectivity index (χ1n) is 10.1. The highest BCUT2D eigenvalue weighted by atomic mass is 35.5. The minimum Gasteiger partial charge on any atom is -0.496 e. The molecule has 0 N–H and O–H groups in total. The summed E-state index contributed by atoms with van der Waals surface area (Å²) >= 11 is 5.88. The molecule has 1 heterocycles. The molecule has 0 fully saturated rings. The maximum atomic E-state index is 13.0. The molecular weight excluding hydrogens is 444 g/mol. The van der Waals surface area contributed by atoms with Gasteiger partial charge in [0.2, 0.25) is 0 Å². The van der Waals surface area contributed by atoms with Gasteiger partial charge in [0.05, 0.1) is 30.6 Å². The SMILES string of the molecule is COc1cc(-c2cc(OC)c3c(C)oc(C)c3c(=O)c2)ccc1OC(=O)c1ccc(Cl)cc1. The van der Waals surface area contributed by atoms with E-state index in [1.54, 1.807) is 69.5 Å². The largest absolute Gasteiger partial charge is 0.496 e. The lowest BCUT2D eigenvalue weighted by molar-refractivity contribution is 0.0729. The predicted octanol–water partition coefficient (Wildman–Crippen LogP) is 5.97. The fraction of sp³-hybridized carbons (Fsp3) is 0.154. The number of hydrogen-bond donors (Lipinski definition) is 0. The molecule has 33 heavy (non-hydrogen) atoms. The molecule has 0 atom stereocenters. The summed E-state index contributed by atoms with van der Waals surface area (Å²) in [4.78, 5) is 25.5. The Hall–Kier alpha value is -3.77. The molecule has 0 unspecified atom stereocenters. The van der Waals surface area contributed by atoms with Crippen LogP contribution in [0.3, 0.4) is 0 Å². The quantitative estimate of drug-likeness (QED) is 0.267. The zero-order valence-electron chi connectivity index (χ0n) is 18.5. The summed E-state index contributed by atoms with van der Waals surface area (Å²) in [5, 5.41) is 1.65. The average Bonchev–Trinajstić information content (AvgIpc) is 3.00. The number of rotatable bonds is 5. The summed E-state index contributed by atoms with van der Waals surface area (Å²) in [6.45, 7) is 3.55. The van der Waals surface area contributed by atoms with Crippen LogP contribution in [0.5, 0.6) is 17.2 Å². The van der Waals surface area contributed by atoms with Gasteiger partial charge in [0, 0.05) is 5.02 Å². The van der Waals surface area contributed by atoms with Gasteiger partial charge in [-0.15, -0.1) is 0 Å². The van der Waals surface area contributed by atoms with E-state index in [2.05, 4.69) is 0 Å². The summed E-state index contributed by atoms with van der Waals surface area (Å²) in [6.07, 6.45) is 0. The van der Waals surface area contributed by atoms with Crippen LogP contribution in [0.25, 0.3) is 21.9 Å². The van der Waals surface area contributed by atoms with Crippen LogP contribution < -0.4 is 19.6 Å². The molecule has 3 aromatic carbocycles. The van der Waals surface area contributed by atoms with Crippen molar-refractivity contribution in [2.75, 3.05) is 14.2 Å². The molecule has 6 nitrogen and oxygen atoms in total. The maximum Gasteiger partial charge on any atom is 0.343 e. The zero-order valence-corrected chi connectivity index (χ0v) is 19.3. The highest BCUT2D eigenvalue weighted by Gasteiger charge is 2.17. The van der Waals surface area contributed by atoms with E-state index in [1.807, 2.05) is 0 Å². The van der Waals surface area contributed by atoms with Crippen molar-refractivity contribution < 1.29 is 23.4 Å². The molecule has 0 aliphatic carbocycles. The number of methoxy groups -OCH3 is 2. The van der Waals surface area contributed by atoms with Crippen molar-refractivity contribution in [1.29, 1.82) is 0 Å². The van der Waals surface area contributed by atoms with E-state index in [9.17, 15) is 9.59 Å². The van der Waals surface area contributed by atoms with Crippen LogP contribution in [0.4, 0.5) is 0 Å². The van der Waals surface area contributed by atoms with Crippen molar-refractivity contribution >= 4 is 28.3 Å². The molecule has 0 aliphatic rings. The third-order valence-corrected chi connectivity index (χ3v) is 5.58. The summed E-state index contributed by atoms with van der Waals surface area (Å²) < 4.78 is 22.2. The van der Waals surface area contributed by atoms with Gasteiger partial charge in [-0.1, -0.05) is 17.7 Å². The molecule has 0 amide bonds. The standard InChI is InChI=1S/C26H21ClO6/c1-14-24-20(28)11-18(13-23(31-4)25(24)15(2)32-14)17-7-10-21(22(12-17)30-3)33-26(29)16-5-8-19(27)9-6-16/h5-13H,1-4H3. The number of hydrogen-bond acceptors (Lipinski definition) is 6. The maximum absolute atomic E-state index is 13.0. The number of benzene rings is 2. The summed E-state index contributed by atoms with van der Waals surface area (Å²) in [5.74, 6) is 1.72. The van der Waals surface area contributed by atoms with Crippen LogP contribution in [0.15, 0.2) is 63.8 Å². The van der Waals surface area contributed by atoms with Crippen LogP contribution in [0.1, 0.15) is 21.9 Å². The van der Waals surface area contributed by atoms with Gasteiger partial charge in [0.25, 0.3) is 0 Å². The van der Waals surface area contributed by atoms with Crippen molar-refractivity contribution in [2.24, 2.45) is 0 Å². The van der Waals surface area contributed by atoms with E-state index < -0.39 is 5.97 Å². The van der Waals surface area contributed by atoms with Gasteiger partial charge < -0.3 is 18.6 Å². The van der Waals surface area contributed by atoms with Crippen LogP contribution >= 0.6 is 11.6 Å². The monoisotopic (exact) mass is 464 g/mol. The van der Waals surface area contributed by atoms with Gasteiger partial charge in [-0.25, -0.2) is 4.79 Å². The van der Waals surface area contributed by atoms with Gasteiger partial charge in [-0.3, -0.25) is 4.79 Å². The number of halogens is 1. The zero-order chi connectivity index (χ0) is 23.7. The van der Waals surface area contributed by atoms with E-state index >= 15 is 0 Å². The molecule has 168 valence electrons. The Bertz CT molecular complexity index is 1420. The number of fused-ring (bicyclic) bond motifs is 1. The predicted molar refractivity (Wildman–Crippen MR) is 127 cm³/mol. The Labute approximate surface area is 195 Å². The molecule has 0 saturated heterocycles. The lowest BCUT2D eigenvalue weighted by atomic mass is 10.1. The molecule has 0 bridgehead atoms. The first-order chi connectivity index (χ1) is 15.8. The van der Waals surface area contributed by atoms with E-state index in [1.165, 1.54) is 13.2 Å². The summed E-state index contributed by atoms with van der Waals surface area (Å²) in [5.41, 5.74) is 1.49. The van der Waals surface area contributed by atoms with E-state index in [-0.39, 0.29) is 11.2 Å². The second kappa shape index (κ2) is 9.00. The molecule has 1 aromatic heterocycles. The molecule has 0 saturated carbocycles. The normalized spacial score (nSPS) is 10.8. The van der Waals surface area contributed by atoms with Crippen LogP contribution in [0.2, 0.25) is 5.02 Å². The fourth-order valence-electron chi connectivity index (χ4n) is 3.75. The average molecular weight is 465 g/mol.